The van der Waals surface area contributed by atoms with Gasteiger partial charge >= 0.3 is 29.6 Å². The summed E-state index contributed by atoms with van der Waals surface area (Å²) in [6, 6.07) is 0. The Labute approximate surface area is 170 Å². The number of hydrogen-bond acceptors (Lipinski definition) is 4. The Balaban J connectivity index is 0. The van der Waals surface area contributed by atoms with Gasteiger partial charge in [-0.3, -0.25) is 9.11 Å². The first-order chi connectivity index (χ1) is 10.7. The predicted molar refractivity (Wildman–Crippen MR) is 99.7 cm³/mol. The van der Waals surface area contributed by atoms with Crippen LogP contribution in [0.2, 0.25) is 0 Å². The Morgan fingerprint density at radius 3 is 1.21 bits per heavy atom. The third kappa shape index (κ3) is 15.1. The topological polar surface area (TPSA) is 109 Å². The van der Waals surface area contributed by atoms with Gasteiger partial charge in [-0.2, -0.15) is 16.8 Å². The average molecular weight is 397 g/mol. The summed E-state index contributed by atoms with van der Waals surface area (Å²) in [5.41, 5.74) is 0. The molecule has 0 fully saturated rings. The van der Waals surface area contributed by atoms with E-state index in [1.807, 2.05) is 0 Å². The number of unbranched alkanes of at least 4 members (excludes halogenated alkanes) is 11. The molecule has 24 heavy (non-hydrogen) atoms. The molecule has 0 amide bonds. The molecule has 0 saturated carbocycles. The fraction of sp³-hybridized carbons (Fsp3) is 1.00. The molecule has 0 heterocycles. The Kier molecular flexibility index (Phi) is 16.8. The van der Waals surface area contributed by atoms with Crippen molar-refractivity contribution >= 4 is 49.8 Å². The Morgan fingerprint density at radius 1 is 0.625 bits per heavy atom. The molecule has 0 aliphatic carbocycles. The van der Waals surface area contributed by atoms with Gasteiger partial charge in [0, 0.05) is 0 Å². The van der Waals surface area contributed by atoms with Gasteiger partial charge < -0.3 is 0 Å². The molecule has 0 rings (SSSR count). The van der Waals surface area contributed by atoms with Crippen molar-refractivity contribution in [1.29, 1.82) is 0 Å². The molecule has 0 bridgehead atoms. The van der Waals surface area contributed by atoms with Crippen molar-refractivity contribution in [3.8, 4) is 0 Å². The van der Waals surface area contributed by atoms with Gasteiger partial charge in [-0.05, 0) is 6.42 Å². The normalized spacial score (nSPS) is 12.3. The van der Waals surface area contributed by atoms with Crippen LogP contribution in [0.15, 0.2) is 0 Å². The molecule has 0 aromatic rings. The summed E-state index contributed by atoms with van der Waals surface area (Å²) in [5.74, 6) is 0. The van der Waals surface area contributed by atoms with Crippen LogP contribution >= 0.6 is 0 Å². The molecule has 0 aromatic carbocycles. The van der Waals surface area contributed by atoms with Crippen molar-refractivity contribution in [2.45, 2.75) is 95.0 Å². The SMILES string of the molecule is CCCCCCCCCCCCCCC(S(=O)(=O)O)S(=O)(=O)O.[NaH]. The molecule has 0 atom stereocenters. The second-order valence-corrected chi connectivity index (χ2v) is 9.63. The Bertz CT molecular complexity index is 458. The van der Waals surface area contributed by atoms with Crippen molar-refractivity contribution in [3.63, 3.8) is 0 Å². The molecular weight excluding hydrogens is 363 g/mol. The van der Waals surface area contributed by atoms with E-state index in [1.54, 1.807) is 0 Å². The van der Waals surface area contributed by atoms with Crippen LogP contribution < -0.4 is 0 Å². The first-order valence-corrected chi connectivity index (χ1v) is 11.6. The third-order valence-corrected chi connectivity index (χ3v) is 7.22. The van der Waals surface area contributed by atoms with Crippen LogP contribution in [0, 0.1) is 0 Å². The average Bonchev–Trinajstić information content (AvgIpc) is 2.41. The van der Waals surface area contributed by atoms with Crippen LogP contribution in [0.3, 0.4) is 0 Å². The van der Waals surface area contributed by atoms with Gasteiger partial charge in [-0.15, -0.1) is 0 Å². The molecule has 0 aromatic heterocycles. The van der Waals surface area contributed by atoms with E-state index in [0.29, 0.717) is 12.8 Å². The predicted octanol–water partition coefficient (Wildman–Crippen LogP) is 3.53. The number of rotatable bonds is 15. The van der Waals surface area contributed by atoms with Gasteiger partial charge in [0.2, 0.25) is 4.58 Å². The fourth-order valence-corrected chi connectivity index (χ4v) is 4.76. The van der Waals surface area contributed by atoms with Gasteiger partial charge in [0.05, 0.1) is 0 Å². The van der Waals surface area contributed by atoms with Gasteiger partial charge in [0.1, 0.15) is 0 Å². The number of hydrogen-bond donors (Lipinski definition) is 2. The summed E-state index contributed by atoms with van der Waals surface area (Å²) in [6.45, 7) is 2.20. The van der Waals surface area contributed by atoms with Crippen molar-refractivity contribution in [1.82, 2.24) is 0 Å². The summed E-state index contributed by atoms with van der Waals surface area (Å²) in [5, 5.41) is 0. The minimum atomic E-state index is -4.78. The van der Waals surface area contributed by atoms with Crippen molar-refractivity contribution in [2.75, 3.05) is 0 Å². The standard InChI is InChI=1S/C15H32O6S2.Na.H/c1-2-3-4-5-6-7-8-9-10-11-12-13-14-15(22(16,17)18)23(19,20)21;;/h15H,2-14H2,1H3,(H,16,17,18)(H,19,20,21);;. The monoisotopic (exact) mass is 396 g/mol. The van der Waals surface area contributed by atoms with E-state index in [1.165, 1.54) is 44.9 Å². The molecule has 0 spiro atoms. The summed E-state index contributed by atoms with van der Waals surface area (Å²) in [7, 11) is -9.55. The van der Waals surface area contributed by atoms with Crippen LogP contribution in [-0.2, 0) is 20.2 Å². The van der Waals surface area contributed by atoms with E-state index in [9.17, 15) is 16.8 Å². The third-order valence-electron chi connectivity index (χ3n) is 3.96. The zero-order chi connectivity index (χ0) is 17.8. The molecule has 0 radical (unpaired) electrons. The maximum atomic E-state index is 10.9. The molecule has 0 aliphatic heterocycles. The van der Waals surface area contributed by atoms with E-state index in [2.05, 4.69) is 6.92 Å². The summed E-state index contributed by atoms with van der Waals surface area (Å²) in [6.07, 6.45) is 12.8. The van der Waals surface area contributed by atoms with Crippen molar-refractivity contribution in [2.24, 2.45) is 0 Å². The van der Waals surface area contributed by atoms with Gasteiger partial charge in [-0.1, -0.05) is 84.0 Å². The molecule has 142 valence electrons. The summed E-state index contributed by atoms with van der Waals surface area (Å²) in [4.78, 5) is 0. The first-order valence-electron chi connectivity index (χ1n) is 8.62. The van der Waals surface area contributed by atoms with E-state index in [4.69, 9.17) is 9.11 Å². The van der Waals surface area contributed by atoms with Crippen LogP contribution in [0.5, 0.6) is 0 Å². The second kappa shape index (κ2) is 14.9. The van der Waals surface area contributed by atoms with Crippen LogP contribution in [0.1, 0.15) is 90.4 Å². The van der Waals surface area contributed by atoms with Crippen LogP contribution in [0.4, 0.5) is 0 Å². The van der Waals surface area contributed by atoms with Gasteiger partial charge in [0.15, 0.2) is 0 Å². The fourth-order valence-electron chi connectivity index (χ4n) is 2.60. The summed E-state index contributed by atoms with van der Waals surface area (Å²) >= 11 is 0. The minimum absolute atomic E-state index is 0. The Hall–Kier alpha value is 0.820. The van der Waals surface area contributed by atoms with E-state index in [0.717, 1.165) is 19.3 Å². The molecular formula is C15H33NaO6S2. The van der Waals surface area contributed by atoms with Crippen molar-refractivity contribution < 1.29 is 25.9 Å². The van der Waals surface area contributed by atoms with Gasteiger partial charge in [-0.25, -0.2) is 0 Å². The van der Waals surface area contributed by atoms with E-state index in [-0.39, 0.29) is 36.0 Å². The maximum absolute atomic E-state index is 10.9. The van der Waals surface area contributed by atoms with Crippen LogP contribution in [-0.4, -0.2) is 60.1 Å². The molecule has 2 N–H and O–H groups in total. The zero-order valence-corrected chi connectivity index (χ0v) is 15.7. The molecule has 0 unspecified atom stereocenters. The zero-order valence-electron chi connectivity index (χ0n) is 14.1. The summed E-state index contributed by atoms with van der Waals surface area (Å²) < 4.78 is 59.2. The van der Waals surface area contributed by atoms with E-state index >= 15 is 0 Å². The molecule has 0 saturated heterocycles. The van der Waals surface area contributed by atoms with Crippen LogP contribution in [0.25, 0.3) is 0 Å². The first kappa shape index (κ1) is 27.0. The molecule has 0 aliphatic rings. The Morgan fingerprint density at radius 2 is 0.917 bits per heavy atom. The second-order valence-electron chi connectivity index (χ2n) is 6.14. The molecule has 6 nitrogen and oxygen atoms in total. The van der Waals surface area contributed by atoms with Gasteiger partial charge in [0.25, 0.3) is 20.2 Å². The van der Waals surface area contributed by atoms with Crippen molar-refractivity contribution in [3.05, 3.63) is 0 Å². The molecule has 9 heteroatoms. The quantitative estimate of drug-likeness (QED) is 0.249. The van der Waals surface area contributed by atoms with E-state index < -0.39 is 24.8 Å².